The molecule has 2 unspecified atom stereocenters. The van der Waals surface area contributed by atoms with Gasteiger partial charge < -0.3 is 14.8 Å². The molecule has 1 amide bonds. The third kappa shape index (κ3) is 4.13. The smallest absolute Gasteiger partial charge is 0.254 e. The van der Waals surface area contributed by atoms with Crippen LogP contribution in [0.4, 0.5) is 5.00 Å². The SMILES string of the molecule is COC(C(=O)Nc1sc(C)c(C)c1C(=O)c1ccc(C)cc1)C1CCOC1. The summed E-state index contributed by atoms with van der Waals surface area (Å²) in [5.74, 6) is -0.272. The second-order valence-corrected chi connectivity index (χ2v) is 8.18. The Hall–Kier alpha value is -2.02. The van der Waals surface area contributed by atoms with Crippen molar-refractivity contribution >= 4 is 28.0 Å². The van der Waals surface area contributed by atoms with Crippen molar-refractivity contribution < 1.29 is 19.1 Å². The van der Waals surface area contributed by atoms with Gasteiger partial charge in [-0.3, -0.25) is 9.59 Å². The molecule has 6 heteroatoms. The molecule has 2 heterocycles. The van der Waals surface area contributed by atoms with Crippen LogP contribution < -0.4 is 5.32 Å². The summed E-state index contributed by atoms with van der Waals surface area (Å²) in [6.07, 6.45) is 0.210. The second kappa shape index (κ2) is 8.33. The van der Waals surface area contributed by atoms with E-state index < -0.39 is 6.10 Å². The van der Waals surface area contributed by atoms with E-state index in [1.54, 1.807) is 0 Å². The Morgan fingerprint density at radius 1 is 1.22 bits per heavy atom. The molecular weight excluding hydrogens is 362 g/mol. The summed E-state index contributed by atoms with van der Waals surface area (Å²) in [6.45, 7) is 7.02. The molecule has 0 spiro atoms. The molecule has 0 radical (unpaired) electrons. The van der Waals surface area contributed by atoms with Crippen LogP contribution in [0, 0.1) is 26.7 Å². The quantitative estimate of drug-likeness (QED) is 0.764. The summed E-state index contributed by atoms with van der Waals surface area (Å²) in [5, 5.41) is 3.53. The maximum atomic E-state index is 13.1. The summed E-state index contributed by atoms with van der Waals surface area (Å²) < 4.78 is 10.8. The van der Waals surface area contributed by atoms with Crippen molar-refractivity contribution in [3.63, 3.8) is 0 Å². The van der Waals surface area contributed by atoms with E-state index in [-0.39, 0.29) is 17.6 Å². The average molecular weight is 388 g/mol. The number of benzene rings is 1. The summed E-state index contributed by atoms with van der Waals surface area (Å²) in [4.78, 5) is 26.9. The second-order valence-electron chi connectivity index (χ2n) is 6.95. The van der Waals surface area contributed by atoms with Gasteiger partial charge in [0.1, 0.15) is 11.1 Å². The first-order valence-corrected chi connectivity index (χ1v) is 9.86. The van der Waals surface area contributed by atoms with Crippen LogP contribution in [-0.2, 0) is 14.3 Å². The summed E-state index contributed by atoms with van der Waals surface area (Å²) in [5.41, 5.74) is 3.18. The number of nitrogens with one attached hydrogen (secondary N) is 1. The number of amides is 1. The molecule has 2 atom stereocenters. The van der Waals surface area contributed by atoms with Gasteiger partial charge in [-0.05, 0) is 32.8 Å². The fourth-order valence-electron chi connectivity index (χ4n) is 3.33. The zero-order valence-electron chi connectivity index (χ0n) is 16.1. The predicted octanol–water partition coefficient (Wildman–Crippen LogP) is 3.89. The molecule has 1 saturated heterocycles. The lowest BCUT2D eigenvalue weighted by molar-refractivity contribution is -0.128. The molecule has 1 aromatic heterocycles. The number of thiophene rings is 1. The molecule has 0 aliphatic carbocycles. The van der Waals surface area contributed by atoms with Gasteiger partial charge in [0.2, 0.25) is 0 Å². The molecule has 1 N–H and O–H groups in total. The molecule has 3 rings (SSSR count). The molecular formula is C21H25NO4S. The highest BCUT2D eigenvalue weighted by Gasteiger charge is 2.33. The van der Waals surface area contributed by atoms with Crippen molar-refractivity contribution in [2.75, 3.05) is 25.6 Å². The lowest BCUT2D eigenvalue weighted by atomic mass is 9.99. The number of hydrogen-bond donors (Lipinski definition) is 1. The lowest BCUT2D eigenvalue weighted by Gasteiger charge is -2.20. The van der Waals surface area contributed by atoms with Crippen LogP contribution in [0.5, 0.6) is 0 Å². The van der Waals surface area contributed by atoms with Crippen LogP contribution in [0.2, 0.25) is 0 Å². The Bertz CT molecular complexity index is 835. The van der Waals surface area contributed by atoms with E-state index in [0.29, 0.717) is 29.3 Å². The highest BCUT2D eigenvalue weighted by atomic mass is 32.1. The summed E-state index contributed by atoms with van der Waals surface area (Å²) in [7, 11) is 1.53. The van der Waals surface area contributed by atoms with Crippen molar-refractivity contribution in [2.24, 2.45) is 5.92 Å². The standard InChI is InChI=1S/C21H25NO4S/c1-12-5-7-15(8-6-12)18(23)17-13(2)14(3)27-21(17)22-20(24)19(25-4)16-9-10-26-11-16/h5-8,16,19H,9-11H2,1-4H3,(H,22,24). The first-order valence-electron chi connectivity index (χ1n) is 9.05. The van der Waals surface area contributed by atoms with Crippen LogP contribution >= 0.6 is 11.3 Å². The van der Waals surface area contributed by atoms with Crippen molar-refractivity contribution in [1.82, 2.24) is 0 Å². The number of aryl methyl sites for hydroxylation is 2. The Balaban J connectivity index is 1.87. The summed E-state index contributed by atoms with van der Waals surface area (Å²) >= 11 is 1.43. The Morgan fingerprint density at radius 3 is 2.52 bits per heavy atom. The van der Waals surface area contributed by atoms with Gasteiger partial charge in [-0.2, -0.15) is 0 Å². The number of ether oxygens (including phenoxy) is 2. The van der Waals surface area contributed by atoms with Gasteiger partial charge in [-0.1, -0.05) is 29.8 Å². The van der Waals surface area contributed by atoms with E-state index in [9.17, 15) is 9.59 Å². The van der Waals surface area contributed by atoms with Gasteiger partial charge in [-0.25, -0.2) is 0 Å². The Kier molecular flexibility index (Phi) is 6.09. The largest absolute Gasteiger partial charge is 0.381 e. The first kappa shape index (κ1) is 19.7. The van der Waals surface area contributed by atoms with Gasteiger partial charge in [0.15, 0.2) is 5.78 Å². The Labute approximate surface area is 163 Å². The molecule has 1 aliphatic rings. The fourth-order valence-corrected chi connectivity index (χ4v) is 4.39. The summed E-state index contributed by atoms with van der Waals surface area (Å²) in [6, 6.07) is 7.48. The monoisotopic (exact) mass is 387 g/mol. The van der Waals surface area contributed by atoms with E-state index in [0.717, 1.165) is 22.4 Å². The van der Waals surface area contributed by atoms with Gasteiger partial charge >= 0.3 is 0 Å². The number of hydrogen-bond acceptors (Lipinski definition) is 5. The fraction of sp³-hybridized carbons (Fsp3) is 0.429. The van der Waals surface area contributed by atoms with Gasteiger partial charge in [0.05, 0.1) is 12.2 Å². The van der Waals surface area contributed by atoms with Gasteiger partial charge in [0, 0.05) is 30.1 Å². The van der Waals surface area contributed by atoms with Crippen LogP contribution in [-0.4, -0.2) is 38.1 Å². The van der Waals surface area contributed by atoms with Crippen LogP contribution in [0.3, 0.4) is 0 Å². The molecule has 1 fully saturated rings. The van der Waals surface area contributed by atoms with E-state index >= 15 is 0 Å². The number of ketones is 1. The molecule has 0 saturated carbocycles. The molecule has 5 nitrogen and oxygen atoms in total. The van der Waals surface area contributed by atoms with Crippen LogP contribution in [0.1, 0.15) is 38.3 Å². The van der Waals surface area contributed by atoms with E-state index in [2.05, 4.69) is 5.32 Å². The number of carbonyl (C=O) groups excluding carboxylic acids is 2. The zero-order valence-corrected chi connectivity index (χ0v) is 16.9. The highest BCUT2D eigenvalue weighted by molar-refractivity contribution is 7.16. The van der Waals surface area contributed by atoms with Crippen molar-refractivity contribution in [3.8, 4) is 0 Å². The van der Waals surface area contributed by atoms with E-state index in [4.69, 9.17) is 9.47 Å². The number of carbonyl (C=O) groups is 2. The minimum Gasteiger partial charge on any atom is -0.381 e. The van der Waals surface area contributed by atoms with E-state index in [1.165, 1.54) is 18.4 Å². The molecule has 144 valence electrons. The zero-order chi connectivity index (χ0) is 19.6. The topological polar surface area (TPSA) is 64.6 Å². The van der Waals surface area contributed by atoms with Crippen LogP contribution in [0.25, 0.3) is 0 Å². The molecule has 0 bridgehead atoms. The number of rotatable bonds is 6. The third-order valence-electron chi connectivity index (χ3n) is 5.07. The maximum absolute atomic E-state index is 13.1. The van der Waals surface area contributed by atoms with Gasteiger partial charge in [0.25, 0.3) is 5.91 Å². The number of anilines is 1. The maximum Gasteiger partial charge on any atom is 0.254 e. The minimum absolute atomic E-state index is 0.0356. The first-order chi connectivity index (χ1) is 12.9. The van der Waals surface area contributed by atoms with Crippen molar-refractivity contribution in [1.29, 1.82) is 0 Å². The average Bonchev–Trinajstić information content (AvgIpc) is 3.25. The van der Waals surface area contributed by atoms with Gasteiger partial charge in [-0.15, -0.1) is 11.3 Å². The predicted molar refractivity (Wildman–Crippen MR) is 107 cm³/mol. The van der Waals surface area contributed by atoms with Crippen molar-refractivity contribution in [2.45, 2.75) is 33.3 Å². The molecule has 2 aromatic rings. The van der Waals surface area contributed by atoms with Crippen molar-refractivity contribution in [3.05, 3.63) is 51.4 Å². The molecule has 1 aliphatic heterocycles. The minimum atomic E-state index is -0.586. The normalized spacial score (nSPS) is 17.7. The lowest BCUT2D eigenvalue weighted by Crippen LogP contribution is -2.36. The number of methoxy groups -OCH3 is 1. The molecule has 1 aromatic carbocycles. The Morgan fingerprint density at radius 2 is 1.93 bits per heavy atom. The molecule has 27 heavy (non-hydrogen) atoms. The highest BCUT2D eigenvalue weighted by Crippen LogP contribution is 2.35. The third-order valence-corrected chi connectivity index (χ3v) is 6.19. The van der Waals surface area contributed by atoms with E-state index in [1.807, 2.05) is 45.0 Å². The van der Waals surface area contributed by atoms with Crippen LogP contribution in [0.15, 0.2) is 24.3 Å².